The zero-order valence-corrected chi connectivity index (χ0v) is 14.9. The van der Waals surface area contributed by atoms with E-state index in [9.17, 15) is 9.18 Å². The SMILES string of the molecule is COc1cc(C)c(CN(C)C(C(N)=O)c2ccc(F)cc2)cc1OC. The zero-order chi connectivity index (χ0) is 18.6. The Morgan fingerprint density at radius 2 is 1.72 bits per heavy atom. The molecule has 134 valence electrons. The largest absolute Gasteiger partial charge is 0.493 e. The van der Waals surface area contributed by atoms with Crippen LogP contribution < -0.4 is 15.2 Å². The van der Waals surface area contributed by atoms with Gasteiger partial charge in [0, 0.05) is 6.54 Å². The molecule has 0 radical (unpaired) electrons. The predicted octanol–water partition coefficient (Wildman–Crippen LogP) is 2.81. The van der Waals surface area contributed by atoms with Crippen molar-refractivity contribution in [1.29, 1.82) is 0 Å². The Balaban J connectivity index is 2.31. The van der Waals surface area contributed by atoms with Crippen LogP contribution in [0.15, 0.2) is 36.4 Å². The summed E-state index contributed by atoms with van der Waals surface area (Å²) in [4.78, 5) is 13.8. The van der Waals surface area contributed by atoms with Gasteiger partial charge in [0.05, 0.1) is 14.2 Å². The molecule has 2 aromatic rings. The van der Waals surface area contributed by atoms with Gasteiger partial charge in [-0.2, -0.15) is 0 Å². The van der Waals surface area contributed by atoms with Crippen LogP contribution >= 0.6 is 0 Å². The van der Waals surface area contributed by atoms with E-state index in [4.69, 9.17) is 15.2 Å². The van der Waals surface area contributed by atoms with E-state index in [1.54, 1.807) is 33.4 Å². The Labute approximate surface area is 147 Å². The van der Waals surface area contributed by atoms with E-state index in [1.165, 1.54) is 12.1 Å². The van der Waals surface area contributed by atoms with Gasteiger partial charge >= 0.3 is 0 Å². The van der Waals surface area contributed by atoms with Crippen molar-refractivity contribution in [2.45, 2.75) is 19.5 Å². The summed E-state index contributed by atoms with van der Waals surface area (Å²) < 4.78 is 23.8. The van der Waals surface area contributed by atoms with E-state index in [0.717, 1.165) is 11.1 Å². The lowest BCUT2D eigenvalue weighted by Crippen LogP contribution is -2.35. The minimum atomic E-state index is -0.659. The number of rotatable bonds is 7. The van der Waals surface area contributed by atoms with E-state index < -0.39 is 11.9 Å². The topological polar surface area (TPSA) is 64.8 Å². The fourth-order valence-corrected chi connectivity index (χ4v) is 2.83. The van der Waals surface area contributed by atoms with Crippen LogP contribution in [0.3, 0.4) is 0 Å². The molecule has 0 aliphatic heterocycles. The molecule has 1 unspecified atom stereocenters. The molecule has 1 amide bonds. The van der Waals surface area contributed by atoms with E-state index in [1.807, 2.05) is 24.0 Å². The van der Waals surface area contributed by atoms with Crippen LogP contribution in [0.5, 0.6) is 11.5 Å². The second-order valence-corrected chi connectivity index (χ2v) is 5.91. The van der Waals surface area contributed by atoms with Crippen molar-refractivity contribution in [2.24, 2.45) is 5.73 Å². The predicted molar refractivity (Wildman–Crippen MR) is 94.1 cm³/mol. The number of primary amides is 1. The first-order chi connectivity index (χ1) is 11.9. The van der Waals surface area contributed by atoms with Crippen LogP contribution in [0.4, 0.5) is 4.39 Å². The van der Waals surface area contributed by atoms with Gasteiger partial charge in [-0.05, 0) is 54.9 Å². The summed E-state index contributed by atoms with van der Waals surface area (Å²) in [6.07, 6.45) is 0. The first kappa shape index (κ1) is 18.7. The molecule has 2 rings (SSSR count). The first-order valence-electron chi connectivity index (χ1n) is 7.84. The fourth-order valence-electron chi connectivity index (χ4n) is 2.83. The van der Waals surface area contributed by atoms with Crippen LogP contribution in [0, 0.1) is 12.7 Å². The molecule has 0 saturated heterocycles. The molecule has 1 atom stereocenters. The van der Waals surface area contributed by atoms with Gasteiger partial charge in [0.15, 0.2) is 11.5 Å². The van der Waals surface area contributed by atoms with Crippen molar-refractivity contribution in [3.63, 3.8) is 0 Å². The third kappa shape index (κ3) is 4.28. The van der Waals surface area contributed by atoms with Crippen molar-refractivity contribution < 1.29 is 18.7 Å². The van der Waals surface area contributed by atoms with Gasteiger partial charge in [-0.3, -0.25) is 9.69 Å². The minimum absolute atomic E-state index is 0.356. The number of amides is 1. The Morgan fingerprint density at radius 1 is 1.16 bits per heavy atom. The number of likely N-dealkylation sites (N-methyl/N-ethyl adjacent to an activating group) is 1. The number of hydrogen-bond donors (Lipinski definition) is 1. The molecule has 5 nitrogen and oxygen atoms in total. The molecule has 2 aromatic carbocycles. The Bertz CT molecular complexity index is 747. The maximum Gasteiger partial charge on any atom is 0.239 e. The van der Waals surface area contributed by atoms with Crippen molar-refractivity contribution in [3.05, 3.63) is 58.9 Å². The summed E-state index contributed by atoms with van der Waals surface area (Å²) in [5, 5.41) is 0. The van der Waals surface area contributed by atoms with E-state index in [0.29, 0.717) is 23.6 Å². The molecule has 0 aliphatic rings. The van der Waals surface area contributed by atoms with Crippen molar-refractivity contribution in [2.75, 3.05) is 21.3 Å². The lowest BCUT2D eigenvalue weighted by atomic mass is 10.0. The number of halogens is 1. The molecule has 0 aliphatic carbocycles. The van der Waals surface area contributed by atoms with Crippen LogP contribution in [-0.4, -0.2) is 32.1 Å². The monoisotopic (exact) mass is 346 g/mol. The average molecular weight is 346 g/mol. The van der Waals surface area contributed by atoms with Crippen LogP contribution in [-0.2, 0) is 11.3 Å². The Hall–Kier alpha value is -2.60. The summed E-state index contributed by atoms with van der Waals surface area (Å²) in [6, 6.07) is 8.90. The molecule has 0 fully saturated rings. The van der Waals surface area contributed by atoms with E-state index in [-0.39, 0.29) is 5.82 Å². The molecule has 0 aromatic heterocycles. The summed E-state index contributed by atoms with van der Waals surface area (Å²) in [5.74, 6) is 0.419. The molecular formula is C19H23FN2O3. The third-order valence-corrected chi connectivity index (χ3v) is 4.16. The van der Waals surface area contributed by atoms with Gasteiger partial charge in [-0.25, -0.2) is 4.39 Å². The van der Waals surface area contributed by atoms with Crippen LogP contribution in [0.1, 0.15) is 22.7 Å². The summed E-state index contributed by atoms with van der Waals surface area (Å²) >= 11 is 0. The molecular weight excluding hydrogens is 323 g/mol. The summed E-state index contributed by atoms with van der Waals surface area (Å²) in [7, 11) is 4.96. The van der Waals surface area contributed by atoms with Gasteiger partial charge in [-0.15, -0.1) is 0 Å². The van der Waals surface area contributed by atoms with Gasteiger partial charge in [0.25, 0.3) is 0 Å². The highest BCUT2D eigenvalue weighted by atomic mass is 19.1. The molecule has 0 saturated carbocycles. The molecule has 0 heterocycles. The number of ether oxygens (including phenoxy) is 2. The van der Waals surface area contributed by atoms with E-state index >= 15 is 0 Å². The van der Waals surface area contributed by atoms with Gasteiger partial charge in [-0.1, -0.05) is 12.1 Å². The number of methoxy groups -OCH3 is 2. The highest BCUT2D eigenvalue weighted by Crippen LogP contribution is 2.32. The average Bonchev–Trinajstić information content (AvgIpc) is 2.57. The van der Waals surface area contributed by atoms with E-state index in [2.05, 4.69) is 0 Å². The lowest BCUT2D eigenvalue weighted by Gasteiger charge is -2.27. The van der Waals surface area contributed by atoms with Crippen LogP contribution in [0.2, 0.25) is 0 Å². The van der Waals surface area contributed by atoms with Gasteiger partial charge in [0.2, 0.25) is 5.91 Å². The second kappa shape index (κ2) is 7.98. The van der Waals surface area contributed by atoms with Crippen LogP contribution in [0.25, 0.3) is 0 Å². The fraction of sp³-hybridized carbons (Fsp3) is 0.316. The van der Waals surface area contributed by atoms with Crippen molar-refractivity contribution >= 4 is 5.91 Å². The molecule has 2 N–H and O–H groups in total. The number of nitrogens with zero attached hydrogens (tertiary/aromatic N) is 1. The minimum Gasteiger partial charge on any atom is -0.493 e. The smallest absolute Gasteiger partial charge is 0.239 e. The maximum atomic E-state index is 13.2. The molecule has 0 spiro atoms. The maximum absolute atomic E-state index is 13.2. The number of aryl methyl sites for hydroxylation is 1. The standard InChI is InChI=1S/C19H23FN2O3/c1-12-9-16(24-3)17(25-4)10-14(12)11-22(2)18(19(21)23)13-5-7-15(20)8-6-13/h5-10,18H,11H2,1-4H3,(H2,21,23). The van der Waals surface area contributed by atoms with Crippen molar-refractivity contribution in [1.82, 2.24) is 4.90 Å². The number of hydrogen-bond acceptors (Lipinski definition) is 4. The Kier molecular flexibility index (Phi) is 5.98. The Morgan fingerprint density at radius 3 is 2.24 bits per heavy atom. The van der Waals surface area contributed by atoms with Crippen molar-refractivity contribution in [3.8, 4) is 11.5 Å². The summed E-state index contributed by atoms with van der Waals surface area (Å²) in [5.41, 5.74) is 8.22. The molecule has 6 heteroatoms. The number of carbonyl (C=O) groups excluding carboxylic acids is 1. The highest BCUT2D eigenvalue weighted by molar-refractivity contribution is 5.81. The summed E-state index contributed by atoms with van der Waals surface area (Å²) in [6.45, 7) is 2.43. The number of carbonyl (C=O) groups is 1. The highest BCUT2D eigenvalue weighted by Gasteiger charge is 2.24. The third-order valence-electron chi connectivity index (χ3n) is 4.16. The van der Waals surface area contributed by atoms with Gasteiger partial charge < -0.3 is 15.2 Å². The normalized spacial score (nSPS) is 12.1. The lowest BCUT2D eigenvalue weighted by molar-refractivity contribution is -0.123. The quantitative estimate of drug-likeness (QED) is 0.837. The first-order valence-corrected chi connectivity index (χ1v) is 7.84. The molecule has 25 heavy (non-hydrogen) atoms. The second-order valence-electron chi connectivity index (χ2n) is 5.91. The van der Waals surface area contributed by atoms with Gasteiger partial charge in [0.1, 0.15) is 11.9 Å². The molecule has 0 bridgehead atoms. The number of nitrogens with two attached hydrogens (primary N) is 1. The number of benzene rings is 2. The zero-order valence-electron chi connectivity index (χ0n) is 14.9.